The summed E-state index contributed by atoms with van der Waals surface area (Å²) in [4.78, 5) is 31.6. The third-order valence-corrected chi connectivity index (χ3v) is 3.76. The lowest BCUT2D eigenvalue weighted by Crippen LogP contribution is -2.37. The molecule has 0 amide bonds. The average molecular weight is 426 g/mol. The maximum Gasteiger partial charge on any atom is 0.433 e. The summed E-state index contributed by atoms with van der Waals surface area (Å²) in [6.07, 6.45) is -10.7. The van der Waals surface area contributed by atoms with Gasteiger partial charge in [-0.25, -0.2) is 4.98 Å². The summed E-state index contributed by atoms with van der Waals surface area (Å²) in [5.41, 5.74) is 4.46. The summed E-state index contributed by atoms with van der Waals surface area (Å²) >= 11 is 0. The molecule has 13 heteroatoms. The Kier molecular flexibility index (Phi) is 6.53. The second-order valence-electron chi connectivity index (χ2n) is 6.15. The van der Waals surface area contributed by atoms with Crippen LogP contribution in [0.3, 0.4) is 0 Å². The molecular weight excluding hydrogens is 410 g/mol. The Morgan fingerprint density at radius 1 is 1.31 bits per heavy atom. The normalized spacial score (nSPS) is 13.5. The number of halogens is 6. The van der Waals surface area contributed by atoms with Crippen molar-refractivity contribution in [3.63, 3.8) is 0 Å². The van der Waals surface area contributed by atoms with Crippen LogP contribution >= 0.6 is 0 Å². The molecule has 2 rings (SSSR count). The molecule has 29 heavy (non-hydrogen) atoms. The van der Waals surface area contributed by atoms with Crippen molar-refractivity contribution in [2.24, 2.45) is 5.73 Å². The third-order valence-electron chi connectivity index (χ3n) is 3.76. The van der Waals surface area contributed by atoms with E-state index in [-0.39, 0.29) is 5.65 Å². The Morgan fingerprint density at radius 3 is 2.55 bits per heavy atom. The lowest BCUT2D eigenvalue weighted by molar-refractivity contribution is -0.162. The van der Waals surface area contributed by atoms with Gasteiger partial charge in [0.2, 0.25) is 0 Å². The first kappa shape index (κ1) is 22.6. The number of aryl methyl sites for hydroxylation is 1. The highest BCUT2D eigenvalue weighted by Gasteiger charge is 2.39. The van der Waals surface area contributed by atoms with E-state index in [4.69, 9.17) is 5.73 Å². The van der Waals surface area contributed by atoms with Crippen molar-refractivity contribution in [3.05, 3.63) is 45.5 Å². The van der Waals surface area contributed by atoms with E-state index < -0.39 is 60.6 Å². The maximum absolute atomic E-state index is 13.4. The Balaban J connectivity index is 2.23. The van der Waals surface area contributed by atoms with Crippen molar-refractivity contribution in [1.29, 1.82) is 0 Å². The van der Waals surface area contributed by atoms with Crippen molar-refractivity contribution >= 4 is 11.6 Å². The van der Waals surface area contributed by atoms with E-state index in [1.54, 1.807) is 6.92 Å². The number of carbonyl (C=O) groups is 1. The Labute approximate surface area is 159 Å². The van der Waals surface area contributed by atoms with E-state index in [0.29, 0.717) is 5.56 Å². The highest BCUT2D eigenvalue weighted by molar-refractivity contribution is 5.69. The number of hydrogen-bond donors (Lipinski definition) is 2. The minimum absolute atomic E-state index is 0.232. The number of alkyl halides is 6. The van der Waals surface area contributed by atoms with Gasteiger partial charge in [0.25, 0.3) is 5.56 Å². The van der Waals surface area contributed by atoms with Crippen molar-refractivity contribution < 1.29 is 36.0 Å². The molecule has 0 aliphatic heterocycles. The van der Waals surface area contributed by atoms with Crippen molar-refractivity contribution in [2.75, 3.05) is 6.54 Å². The van der Waals surface area contributed by atoms with Gasteiger partial charge in [-0.2, -0.15) is 31.8 Å². The van der Waals surface area contributed by atoms with E-state index in [2.05, 4.69) is 9.82 Å². The predicted molar refractivity (Wildman–Crippen MR) is 87.5 cm³/mol. The van der Waals surface area contributed by atoms with Crippen LogP contribution in [0.25, 0.3) is 5.65 Å². The molecule has 2 aromatic heterocycles. The first-order valence-electron chi connectivity index (χ1n) is 8.14. The van der Waals surface area contributed by atoms with Crippen LogP contribution in [0.5, 0.6) is 0 Å². The molecule has 0 saturated carbocycles. The lowest BCUT2D eigenvalue weighted by atomic mass is 10.1. The Bertz CT molecular complexity index is 955. The van der Waals surface area contributed by atoms with Gasteiger partial charge in [0.15, 0.2) is 5.69 Å². The highest BCUT2D eigenvalue weighted by Crippen LogP contribution is 2.31. The van der Waals surface area contributed by atoms with Gasteiger partial charge in [0.1, 0.15) is 5.65 Å². The molecule has 0 bridgehead atoms. The number of fused-ring (bicyclic) bond motifs is 1. The molecule has 2 aromatic rings. The van der Waals surface area contributed by atoms with Gasteiger partial charge < -0.3 is 10.6 Å². The zero-order valence-corrected chi connectivity index (χ0v) is 14.9. The number of nitrogens with two attached hydrogens (primary N) is 1. The molecule has 1 atom stereocenters. The molecular formula is C16H16F6N4O3. The second kappa shape index (κ2) is 8.37. The first-order chi connectivity index (χ1) is 13.3. The summed E-state index contributed by atoms with van der Waals surface area (Å²) in [6, 6.07) is 1.16. The van der Waals surface area contributed by atoms with Crippen LogP contribution in [0.2, 0.25) is 0 Å². The fourth-order valence-electron chi connectivity index (χ4n) is 2.41. The molecule has 0 saturated heterocycles. The van der Waals surface area contributed by atoms with Gasteiger partial charge in [0.05, 0.1) is 31.0 Å². The zero-order valence-electron chi connectivity index (χ0n) is 14.9. The number of hydrogen-bond acceptors (Lipinski definition) is 6. The van der Waals surface area contributed by atoms with E-state index in [1.165, 1.54) is 18.3 Å². The van der Waals surface area contributed by atoms with E-state index in [9.17, 15) is 35.9 Å². The fourth-order valence-corrected chi connectivity index (χ4v) is 2.41. The molecule has 0 aliphatic rings. The van der Waals surface area contributed by atoms with Crippen molar-refractivity contribution in [2.45, 2.75) is 38.2 Å². The van der Waals surface area contributed by atoms with Crippen molar-refractivity contribution in [1.82, 2.24) is 14.9 Å². The van der Waals surface area contributed by atoms with Crippen LogP contribution in [0, 0.1) is 6.92 Å². The van der Waals surface area contributed by atoms with Gasteiger partial charge >= 0.3 is 18.3 Å². The number of rotatable bonds is 6. The molecule has 7 nitrogen and oxygen atoms in total. The molecule has 160 valence electrons. The van der Waals surface area contributed by atoms with Gasteiger partial charge in [-0.15, -0.1) is 0 Å². The molecule has 0 fully saturated rings. The summed E-state index contributed by atoms with van der Waals surface area (Å²) in [6.45, 7) is 0.950. The van der Waals surface area contributed by atoms with Gasteiger partial charge in [0, 0.05) is 6.20 Å². The number of nitrogens with zero attached hydrogens (tertiary/aromatic N) is 2. The molecule has 0 aromatic carbocycles. The van der Waals surface area contributed by atoms with Crippen LogP contribution in [-0.4, -0.2) is 28.1 Å². The van der Waals surface area contributed by atoms with Crippen LogP contribution in [0.4, 0.5) is 26.3 Å². The summed E-state index contributed by atoms with van der Waals surface area (Å²) < 4.78 is 77.2. The lowest BCUT2D eigenvalue weighted by Gasteiger charge is -2.18. The van der Waals surface area contributed by atoms with Crippen LogP contribution in [0.1, 0.15) is 35.7 Å². The third kappa shape index (κ3) is 5.90. The molecule has 0 spiro atoms. The first-order valence-corrected chi connectivity index (χ1v) is 8.14. The molecule has 1 unspecified atom stereocenters. The van der Waals surface area contributed by atoms with Gasteiger partial charge in [-0.1, -0.05) is 0 Å². The zero-order chi connectivity index (χ0) is 22.0. The Morgan fingerprint density at radius 2 is 1.97 bits per heavy atom. The number of aromatic nitrogens is 2. The summed E-state index contributed by atoms with van der Waals surface area (Å²) in [7, 11) is 0. The summed E-state index contributed by atoms with van der Waals surface area (Å²) in [5.74, 6) is -1.28. The summed E-state index contributed by atoms with van der Waals surface area (Å²) in [5, 5.41) is 0. The number of hydroxylamine groups is 1. The minimum Gasteiger partial charge on any atom is -0.371 e. The molecule has 2 heterocycles. The highest BCUT2D eigenvalue weighted by atomic mass is 19.4. The SMILES string of the molecule is Cc1ccn2c(=O)c(C(N)CNOC(=O)CCC(F)(F)F)c(C(F)(F)F)nc2c1. The van der Waals surface area contributed by atoms with Gasteiger partial charge in [-0.3, -0.25) is 14.0 Å². The number of pyridine rings is 1. The van der Waals surface area contributed by atoms with Crippen molar-refractivity contribution in [3.8, 4) is 0 Å². The monoisotopic (exact) mass is 426 g/mol. The van der Waals surface area contributed by atoms with Crippen LogP contribution < -0.4 is 16.8 Å². The number of nitrogens with one attached hydrogen (secondary N) is 1. The largest absolute Gasteiger partial charge is 0.433 e. The predicted octanol–water partition coefficient (Wildman–Crippen LogP) is 2.41. The van der Waals surface area contributed by atoms with Gasteiger partial charge in [-0.05, 0) is 24.6 Å². The van der Waals surface area contributed by atoms with E-state index in [0.717, 1.165) is 4.40 Å². The fraction of sp³-hybridized carbons (Fsp3) is 0.438. The molecule has 3 N–H and O–H groups in total. The topological polar surface area (TPSA) is 98.7 Å². The van der Waals surface area contributed by atoms with Crippen LogP contribution in [0.15, 0.2) is 23.1 Å². The number of carbonyl (C=O) groups excluding carboxylic acids is 1. The quantitative estimate of drug-likeness (QED) is 0.544. The van der Waals surface area contributed by atoms with Crippen LogP contribution in [-0.2, 0) is 15.8 Å². The maximum atomic E-state index is 13.4. The second-order valence-corrected chi connectivity index (χ2v) is 6.15. The average Bonchev–Trinajstić information content (AvgIpc) is 2.58. The van der Waals surface area contributed by atoms with E-state index >= 15 is 0 Å². The minimum atomic E-state index is -4.99. The standard InChI is InChI=1S/C16H16F6N4O3/c1-8-3-5-26-10(6-8)25-13(16(20,21)22)12(14(26)28)9(23)7-24-29-11(27)2-4-15(17,18)19/h3,5-6,9,24H,2,4,7,23H2,1H3. The molecule has 0 aliphatic carbocycles. The Hall–Kier alpha value is -2.67. The van der Waals surface area contributed by atoms with E-state index in [1.807, 2.05) is 5.48 Å². The smallest absolute Gasteiger partial charge is 0.371 e. The molecule has 0 radical (unpaired) electrons.